The summed E-state index contributed by atoms with van der Waals surface area (Å²) < 4.78 is 2.00. The summed E-state index contributed by atoms with van der Waals surface area (Å²) in [7, 11) is 1.99. The maximum Gasteiger partial charge on any atom is 0.0946 e. The molecule has 2 aromatic heterocycles. The van der Waals surface area contributed by atoms with Crippen LogP contribution in [0, 0.1) is 6.92 Å². The number of anilines is 1. The van der Waals surface area contributed by atoms with Gasteiger partial charge in [0.05, 0.1) is 29.9 Å². The summed E-state index contributed by atoms with van der Waals surface area (Å²) in [5.41, 5.74) is 3.23. The number of rotatable bonds is 3. The molecule has 0 saturated heterocycles. The van der Waals surface area contributed by atoms with Gasteiger partial charge in [-0.05, 0) is 19.1 Å². The third-order valence-electron chi connectivity index (χ3n) is 2.38. The number of aryl methyl sites for hydroxylation is 2. The smallest absolute Gasteiger partial charge is 0.0946 e. The first kappa shape index (κ1) is 9.71. The minimum absolute atomic E-state index is 0.767. The van der Waals surface area contributed by atoms with Gasteiger partial charge in [-0.2, -0.15) is 0 Å². The van der Waals surface area contributed by atoms with E-state index in [1.807, 2.05) is 36.9 Å². The minimum atomic E-state index is 0.767. The summed E-state index contributed by atoms with van der Waals surface area (Å²) >= 11 is 0. The van der Waals surface area contributed by atoms with Crippen molar-refractivity contribution in [3.05, 3.63) is 42.2 Å². The lowest BCUT2D eigenvalue weighted by Gasteiger charge is -2.08. The topological polar surface area (TPSA) is 42.7 Å². The molecule has 0 bridgehead atoms. The highest BCUT2D eigenvalue weighted by molar-refractivity contribution is 5.46. The molecule has 0 aliphatic carbocycles. The summed E-state index contributed by atoms with van der Waals surface area (Å²) in [6.45, 7) is 2.76. The lowest BCUT2D eigenvalue weighted by Crippen LogP contribution is -2.05. The number of aromatic nitrogens is 3. The monoisotopic (exact) mass is 202 g/mol. The molecule has 0 radical (unpaired) electrons. The second-order valence-corrected chi connectivity index (χ2v) is 3.49. The zero-order valence-electron chi connectivity index (χ0n) is 8.94. The fraction of sp³-hybridized carbons (Fsp3) is 0.273. The summed E-state index contributed by atoms with van der Waals surface area (Å²) in [4.78, 5) is 8.28. The van der Waals surface area contributed by atoms with Crippen LogP contribution >= 0.6 is 0 Å². The van der Waals surface area contributed by atoms with Gasteiger partial charge in [0.25, 0.3) is 0 Å². The maximum atomic E-state index is 4.22. The molecule has 4 heteroatoms. The first-order valence-corrected chi connectivity index (χ1v) is 4.88. The predicted octanol–water partition coefficient (Wildman–Crippen LogP) is 1.74. The quantitative estimate of drug-likeness (QED) is 0.824. The molecule has 2 rings (SSSR count). The van der Waals surface area contributed by atoms with Crippen molar-refractivity contribution in [1.82, 2.24) is 14.5 Å². The third kappa shape index (κ3) is 2.15. The molecule has 78 valence electrons. The molecule has 2 aromatic rings. The Labute approximate surface area is 89.0 Å². The molecular formula is C11H14N4. The van der Waals surface area contributed by atoms with Crippen LogP contribution in [0.5, 0.6) is 0 Å². The summed E-state index contributed by atoms with van der Waals surface area (Å²) in [6.07, 6.45) is 5.45. The third-order valence-corrected chi connectivity index (χ3v) is 2.38. The Morgan fingerprint density at radius 2 is 2.33 bits per heavy atom. The average Bonchev–Trinajstić information content (AvgIpc) is 2.63. The van der Waals surface area contributed by atoms with E-state index < -0.39 is 0 Å². The molecule has 0 aliphatic rings. The van der Waals surface area contributed by atoms with Crippen LogP contribution in [0.4, 0.5) is 5.69 Å². The minimum Gasteiger partial charge on any atom is -0.378 e. The second kappa shape index (κ2) is 4.13. The highest BCUT2D eigenvalue weighted by Crippen LogP contribution is 2.11. The van der Waals surface area contributed by atoms with Crippen molar-refractivity contribution in [3.63, 3.8) is 0 Å². The molecule has 0 spiro atoms. The van der Waals surface area contributed by atoms with Crippen molar-refractivity contribution in [2.75, 3.05) is 5.32 Å². The first-order chi connectivity index (χ1) is 7.27. The highest BCUT2D eigenvalue weighted by Gasteiger charge is 2.00. The van der Waals surface area contributed by atoms with E-state index in [0.29, 0.717) is 0 Å². The summed E-state index contributed by atoms with van der Waals surface area (Å²) in [5.74, 6) is 0. The normalized spacial score (nSPS) is 10.3. The standard InChI is InChI=1S/C11H14N4/c1-9-11(4-3-5-13-9)14-7-10-6-12-8-15(10)2/h3-6,8,14H,7H2,1-2H3. The molecule has 4 nitrogen and oxygen atoms in total. The first-order valence-electron chi connectivity index (χ1n) is 4.88. The molecule has 1 N–H and O–H groups in total. The maximum absolute atomic E-state index is 4.22. The molecular weight excluding hydrogens is 188 g/mol. The van der Waals surface area contributed by atoms with E-state index in [-0.39, 0.29) is 0 Å². The van der Waals surface area contributed by atoms with Gasteiger partial charge in [0.1, 0.15) is 0 Å². The molecule has 0 aliphatic heterocycles. The van der Waals surface area contributed by atoms with Crippen LogP contribution in [0.1, 0.15) is 11.4 Å². The number of nitrogens with zero attached hydrogens (tertiary/aromatic N) is 3. The molecule has 0 unspecified atom stereocenters. The molecule has 15 heavy (non-hydrogen) atoms. The van der Waals surface area contributed by atoms with Gasteiger partial charge in [-0.1, -0.05) is 0 Å². The van der Waals surface area contributed by atoms with E-state index in [4.69, 9.17) is 0 Å². The largest absolute Gasteiger partial charge is 0.378 e. The number of imidazole rings is 1. The van der Waals surface area contributed by atoms with E-state index in [0.717, 1.165) is 23.6 Å². The predicted molar refractivity (Wildman–Crippen MR) is 59.5 cm³/mol. The second-order valence-electron chi connectivity index (χ2n) is 3.49. The highest BCUT2D eigenvalue weighted by atomic mass is 15.0. The Hall–Kier alpha value is -1.84. The molecule has 0 saturated carbocycles. The Kier molecular flexibility index (Phi) is 2.67. The van der Waals surface area contributed by atoms with E-state index in [9.17, 15) is 0 Å². The van der Waals surface area contributed by atoms with Crippen LogP contribution in [-0.4, -0.2) is 14.5 Å². The summed E-state index contributed by atoms with van der Waals surface area (Å²) in [6, 6.07) is 3.96. The van der Waals surface area contributed by atoms with Crippen molar-refractivity contribution in [3.8, 4) is 0 Å². The van der Waals surface area contributed by atoms with Crippen LogP contribution in [0.25, 0.3) is 0 Å². The van der Waals surface area contributed by atoms with Crippen molar-refractivity contribution in [2.24, 2.45) is 7.05 Å². The fourth-order valence-corrected chi connectivity index (χ4v) is 1.41. The number of nitrogens with one attached hydrogen (secondary N) is 1. The van der Waals surface area contributed by atoms with Gasteiger partial charge in [-0.15, -0.1) is 0 Å². The Morgan fingerprint density at radius 1 is 1.47 bits per heavy atom. The number of pyridine rings is 1. The van der Waals surface area contributed by atoms with Gasteiger partial charge < -0.3 is 9.88 Å². The van der Waals surface area contributed by atoms with E-state index in [1.165, 1.54) is 0 Å². The SMILES string of the molecule is Cc1ncccc1NCc1cncn1C. The van der Waals surface area contributed by atoms with Gasteiger partial charge in [0, 0.05) is 19.4 Å². The van der Waals surface area contributed by atoms with Crippen LogP contribution in [0.15, 0.2) is 30.9 Å². The van der Waals surface area contributed by atoms with Crippen molar-refractivity contribution >= 4 is 5.69 Å². The average molecular weight is 202 g/mol. The zero-order valence-corrected chi connectivity index (χ0v) is 8.94. The number of hydrogen-bond acceptors (Lipinski definition) is 3. The van der Waals surface area contributed by atoms with Crippen molar-refractivity contribution in [2.45, 2.75) is 13.5 Å². The van der Waals surface area contributed by atoms with Gasteiger partial charge in [-0.3, -0.25) is 4.98 Å². The lowest BCUT2D eigenvalue weighted by atomic mass is 10.3. The van der Waals surface area contributed by atoms with Gasteiger partial charge in [0.15, 0.2) is 0 Å². The molecule has 2 heterocycles. The zero-order chi connectivity index (χ0) is 10.7. The van der Waals surface area contributed by atoms with Gasteiger partial charge in [0.2, 0.25) is 0 Å². The van der Waals surface area contributed by atoms with Gasteiger partial charge >= 0.3 is 0 Å². The lowest BCUT2D eigenvalue weighted by molar-refractivity contribution is 0.836. The Bertz CT molecular complexity index is 447. The fourth-order valence-electron chi connectivity index (χ4n) is 1.41. The van der Waals surface area contributed by atoms with Crippen LogP contribution in [-0.2, 0) is 13.6 Å². The van der Waals surface area contributed by atoms with Crippen LogP contribution in [0.2, 0.25) is 0 Å². The van der Waals surface area contributed by atoms with Gasteiger partial charge in [-0.25, -0.2) is 4.98 Å². The van der Waals surface area contributed by atoms with E-state index in [1.54, 1.807) is 12.5 Å². The van der Waals surface area contributed by atoms with Crippen LogP contribution in [0.3, 0.4) is 0 Å². The van der Waals surface area contributed by atoms with Crippen molar-refractivity contribution < 1.29 is 0 Å². The summed E-state index contributed by atoms with van der Waals surface area (Å²) in [5, 5.41) is 3.33. The molecule has 0 amide bonds. The van der Waals surface area contributed by atoms with Crippen LogP contribution < -0.4 is 5.32 Å². The molecule has 0 fully saturated rings. The number of hydrogen-bond donors (Lipinski definition) is 1. The van der Waals surface area contributed by atoms with E-state index in [2.05, 4.69) is 15.3 Å². The molecule has 0 aromatic carbocycles. The van der Waals surface area contributed by atoms with Crippen molar-refractivity contribution in [1.29, 1.82) is 0 Å². The Morgan fingerprint density at radius 3 is 3.00 bits per heavy atom. The Balaban J connectivity index is 2.06. The van der Waals surface area contributed by atoms with E-state index >= 15 is 0 Å². The molecule has 0 atom stereocenters.